The lowest BCUT2D eigenvalue weighted by Crippen LogP contribution is -2.43. The van der Waals surface area contributed by atoms with Crippen LogP contribution in [0.5, 0.6) is 0 Å². The molecule has 2 aliphatic carbocycles. The summed E-state index contributed by atoms with van der Waals surface area (Å²) in [5.74, 6) is -0.955. The van der Waals surface area contributed by atoms with Gasteiger partial charge in [0.15, 0.2) is 0 Å². The second kappa shape index (κ2) is 7.90. The Kier molecular flexibility index (Phi) is 5.15. The molecule has 2 aromatic rings. The Labute approximate surface area is 192 Å². The lowest BCUT2D eigenvalue weighted by molar-refractivity contribution is -0.147. The number of hydrogen-bond donors (Lipinski definition) is 2. The first kappa shape index (κ1) is 21.5. The zero-order valence-electron chi connectivity index (χ0n) is 18.7. The molecule has 0 radical (unpaired) electrons. The summed E-state index contributed by atoms with van der Waals surface area (Å²) in [4.78, 5) is 38.7. The molecule has 172 valence electrons. The molecule has 2 aromatic carbocycles. The van der Waals surface area contributed by atoms with Crippen LogP contribution in [0.3, 0.4) is 0 Å². The molecule has 1 aliphatic heterocycles. The predicted octanol–water partition coefficient (Wildman–Crippen LogP) is 3.63. The number of ether oxygens (including phenoxy) is 1. The Morgan fingerprint density at radius 3 is 2.18 bits per heavy atom. The van der Waals surface area contributed by atoms with E-state index in [1.54, 1.807) is 11.8 Å². The molecule has 0 bridgehead atoms. The van der Waals surface area contributed by atoms with Gasteiger partial charge in [0.05, 0.1) is 10.8 Å². The summed E-state index contributed by atoms with van der Waals surface area (Å²) in [7, 11) is 0. The summed E-state index contributed by atoms with van der Waals surface area (Å²) < 4.78 is 5.58. The van der Waals surface area contributed by atoms with Crippen molar-refractivity contribution in [3.63, 3.8) is 0 Å². The van der Waals surface area contributed by atoms with Crippen molar-refractivity contribution < 1.29 is 24.2 Å². The third kappa shape index (κ3) is 3.75. The summed E-state index contributed by atoms with van der Waals surface area (Å²) >= 11 is 0. The molecule has 7 heteroatoms. The largest absolute Gasteiger partial charge is 0.481 e. The second-order valence-corrected chi connectivity index (χ2v) is 9.80. The number of carboxylic acid groups (broad SMARTS) is 1. The van der Waals surface area contributed by atoms with E-state index in [0.717, 1.165) is 11.1 Å². The van der Waals surface area contributed by atoms with Gasteiger partial charge < -0.3 is 20.1 Å². The second-order valence-electron chi connectivity index (χ2n) is 9.80. The zero-order valence-corrected chi connectivity index (χ0v) is 18.7. The van der Waals surface area contributed by atoms with Crippen molar-refractivity contribution in [1.29, 1.82) is 0 Å². The van der Waals surface area contributed by atoms with Gasteiger partial charge in [0, 0.05) is 25.6 Å². The quantitative estimate of drug-likeness (QED) is 0.704. The standard InChI is InChI=1S/C26H28N2O5/c1-25(23(30)31)12-13-28(16-25)22(29)26(10-11-26)15-27-24(32)33-14-21-19-8-4-2-6-17(19)18-7-3-5-9-20(18)21/h2-9,21H,10-16H2,1H3,(H,27,32)(H,30,31). The van der Waals surface area contributed by atoms with E-state index in [4.69, 9.17) is 4.74 Å². The maximum atomic E-state index is 13.0. The summed E-state index contributed by atoms with van der Waals surface area (Å²) in [5.41, 5.74) is 3.11. The van der Waals surface area contributed by atoms with Crippen molar-refractivity contribution in [3.05, 3.63) is 59.7 Å². The van der Waals surface area contributed by atoms with Crippen LogP contribution < -0.4 is 5.32 Å². The lowest BCUT2D eigenvalue weighted by Gasteiger charge is -2.25. The number of rotatable bonds is 6. The fraction of sp³-hybridized carbons (Fsp3) is 0.423. The minimum atomic E-state index is -0.897. The number of carbonyl (C=O) groups is 3. The van der Waals surface area contributed by atoms with Crippen molar-refractivity contribution in [2.45, 2.75) is 32.1 Å². The van der Waals surface area contributed by atoms with E-state index in [9.17, 15) is 19.5 Å². The van der Waals surface area contributed by atoms with Crippen LogP contribution in [-0.2, 0) is 14.3 Å². The molecule has 7 nitrogen and oxygen atoms in total. The van der Waals surface area contributed by atoms with Crippen molar-refractivity contribution in [1.82, 2.24) is 10.2 Å². The summed E-state index contributed by atoms with van der Waals surface area (Å²) in [5, 5.41) is 12.2. The maximum Gasteiger partial charge on any atom is 0.407 e. The molecule has 33 heavy (non-hydrogen) atoms. The molecule has 5 rings (SSSR count). The Morgan fingerprint density at radius 2 is 1.64 bits per heavy atom. The highest BCUT2D eigenvalue weighted by Crippen LogP contribution is 2.48. The third-order valence-corrected chi connectivity index (χ3v) is 7.50. The Hall–Kier alpha value is -3.35. The number of carboxylic acids is 1. The van der Waals surface area contributed by atoms with Crippen LogP contribution in [0.1, 0.15) is 43.2 Å². The van der Waals surface area contributed by atoms with Gasteiger partial charge in [-0.05, 0) is 48.4 Å². The molecule has 1 unspecified atom stereocenters. The van der Waals surface area contributed by atoms with Crippen LogP contribution in [0.2, 0.25) is 0 Å². The van der Waals surface area contributed by atoms with Crippen LogP contribution in [0.15, 0.2) is 48.5 Å². The van der Waals surface area contributed by atoms with E-state index in [1.165, 1.54) is 11.1 Å². The van der Waals surface area contributed by atoms with Crippen molar-refractivity contribution in [2.75, 3.05) is 26.2 Å². The van der Waals surface area contributed by atoms with E-state index >= 15 is 0 Å². The van der Waals surface area contributed by atoms with Crippen LogP contribution in [0.25, 0.3) is 11.1 Å². The van der Waals surface area contributed by atoms with Crippen LogP contribution in [0, 0.1) is 10.8 Å². The zero-order chi connectivity index (χ0) is 23.2. The normalized spacial score (nSPS) is 22.4. The van der Waals surface area contributed by atoms with Gasteiger partial charge >= 0.3 is 12.1 Å². The number of amides is 2. The highest BCUT2D eigenvalue weighted by molar-refractivity contribution is 5.88. The molecular weight excluding hydrogens is 420 g/mol. The Balaban J connectivity index is 1.18. The SMILES string of the molecule is CC1(C(=O)O)CCN(C(=O)C2(CNC(=O)OCC3c4ccccc4-c4ccccc43)CC2)C1. The summed E-state index contributed by atoms with van der Waals surface area (Å²) in [6.07, 6.45) is 1.29. The van der Waals surface area contributed by atoms with E-state index in [-0.39, 0.29) is 31.5 Å². The average Bonchev–Trinajstić information content (AvgIpc) is 3.40. The number of likely N-dealkylation sites (tertiary alicyclic amines) is 1. The molecule has 2 amide bonds. The Bertz CT molecular complexity index is 1080. The average molecular weight is 449 g/mol. The minimum absolute atomic E-state index is 0.0158. The number of hydrogen-bond acceptors (Lipinski definition) is 4. The molecule has 3 aliphatic rings. The van der Waals surface area contributed by atoms with Gasteiger partial charge in [-0.3, -0.25) is 9.59 Å². The summed E-state index contributed by atoms with van der Waals surface area (Å²) in [6.45, 7) is 2.77. The number of carbonyl (C=O) groups excluding carboxylic acids is 2. The molecule has 1 saturated heterocycles. The van der Waals surface area contributed by atoms with Crippen molar-refractivity contribution in [3.8, 4) is 11.1 Å². The van der Waals surface area contributed by atoms with Crippen molar-refractivity contribution in [2.24, 2.45) is 10.8 Å². The predicted molar refractivity (Wildman–Crippen MR) is 122 cm³/mol. The smallest absolute Gasteiger partial charge is 0.407 e. The number of benzene rings is 2. The monoisotopic (exact) mass is 448 g/mol. The highest BCUT2D eigenvalue weighted by Gasteiger charge is 2.54. The van der Waals surface area contributed by atoms with E-state index in [1.807, 2.05) is 24.3 Å². The van der Waals surface area contributed by atoms with Gasteiger partial charge in [-0.1, -0.05) is 48.5 Å². The molecule has 0 aromatic heterocycles. The van der Waals surface area contributed by atoms with Gasteiger partial charge in [0.2, 0.25) is 5.91 Å². The van der Waals surface area contributed by atoms with E-state index < -0.39 is 22.9 Å². The number of nitrogens with zero attached hydrogens (tertiary/aromatic N) is 1. The molecule has 2 N–H and O–H groups in total. The lowest BCUT2D eigenvalue weighted by atomic mass is 9.90. The number of fused-ring (bicyclic) bond motifs is 3. The molecular formula is C26H28N2O5. The Morgan fingerprint density at radius 1 is 1.03 bits per heavy atom. The van der Waals surface area contributed by atoms with Crippen LogP contribution in [0.4, 0.5) is 4.79 Å². The molecule has 2 fully saturated rings. The highest BCUT2D eigenvalue weighted by atomic mass is 16.5. The summed E-state index contributed by atoms with van der Waals surface area (Å²) in [6, 6.07) is 16.3. The molecule has 0 spiro atoms. The van der Waals surface area contributed by atoms with E-state index in [2.05, 4.69) is 29.6 Å². The topological polar surface area (TPSA) is 95.9 Å². The van der Waals surface area contributed by atoms with Gasteiger partial charge in [0.1, 0.15) is 6.61 Å². The first-order valence-corrected chi connectivity index (χ1v) is 11.4. The molecule has 1 atom stereocenters. The van der Waals surface area contributed by atoms with Gasteiger partial charge in [-0.25, -0.2) is 4.79 Å². The minimum Gasteiger partial charge on any atom is -0.481 e. The van der Waals surface area contributed by atoms with E-state index in [0.29, 0.717) is 25.8 Å². The fourth-order valence-corrected chi connectivity index (χ4v) is 5.15. The third-order valence-electron chi connectivity index (χ3n) is 7.50. The number of alkyl carbamates (subject to hydrolysis) is 1. The number of aliphatic carboxylic acids is 1. The fourth-order valence-electron chi connectivity index (χ4n) is 5.15. The molecule has 1 saturated carbocycles. The van der Waals surface area contributed by atoms with Gasteiger partial charge in [-0.2, -0.15) is 0 Å². The van der Waals surface area contributed by atoms with Gasteiger partial charge in [0.25, 0.3) is 0 Å². The van der Waals surface area contributed by atoms with Gasteiger partial charge in [-0.15, -0.1) is 0 Å². The van der Waals surface area contributed by atoms with Crippen molar-refractivity contribution >= 4 is 18.0 Å². The maximum absolute atomic E-state index is 13.0. The first-order valence-electron chi connectivity index (χ1n) is 11.4. The molecule has 1 heterocycles. The van der Waals surface area contributed by atoms with Crippen LogP contribution in [-0.4, -0.2) is 54.2 Å². The first-order chi connectivity index (χ1) is 15.8. The number of nitrogens with one attached hydrogen (secondary N) is 1. The van der Waals surface area contributed by atoms with Crippen LogP contribution >= 0.6 is 0 Å².